The minimum absolute atomic E-state index is 0.860. The molecule has 2 rings (SSSR count). The molecule has 0 amide bonds. The molecule has 0 bridgehead atoms. The van der Waals surface area contributed by atoms with E-state index in [9.17, 15) is 0 Å². The fraction of sp³-hybridized carbons (Fsp3) is 0.429. The number of pyridine rings is 1. The molecule has 18 heavy (non-hydrogen) atoms. The highest BCUT2D eigenvalue weighted by atomic mass is 15.1. The van der Waals surface area contributed by atoms with Crippen LogP contribution in [0.2, 0.25) is 0 Å². The van der Waals surface area contributed by atoms with Crippen LogP contribution in [-0.4, -0.2) is 21.6 Å². The number of imidazole rings is 1. The molecule has 0 spiro atoms. The highest BCUT2D eigenvalue weighted by molar-refractivity contribution is 5.32. The number of aromatic nitrogens is 3. The molecule has 1 N–H and O–H groups in total. The Hall–Kier alpha value is -1.68. The van der Waals surface area contributed by atoms with Crippen LogP contribution in [0, 0.1) is 0 Å². The molecule has 4 nitrogen and oxygen atoms in total. The van der Waals surface area contributed by atoms with Crippen molar-refractivity contribution < 1.29 is 0 Å². The zero-order chi connectivity index (χ0) is 13.0. The van der Waals surface area contributed by atoms with Gasteiger partial charge in [0.05, 0.1) is 0 Å². The minimum atomic E-state index is 0.860. The molecule has 0 fully saturated rings. The summed E-state index contributed by atoms with van der Waals surface area (Å²) in [6.07, 6.45) is 5.66. The van der Waals surface area contributed by atoms with Crippen LogP contribution in [0.1, 0.15) is 30.9 Å². The lowest BCUT2D eigenvalue weighted by molar-refractivity contribution is 0.799. The molecule has 0 saturated heterocycles. The SMILES string of the molecule is CCc1cc(CNC)cc(-n2ccnc2CC)n1. The Morgan fingerprint density at radius 2 is 2.06 bits per heavy atom. The average Bonchev–Trinajstić information content (AvgIpc) is 2.87. The Labute approximate surface area is 108 Å². The summed E-state index contributed by atoms with van der Waals surface area (Å²) in [4.78, 5) is 9.03. The average molecular weight is 244 g/mol. The topological polar surface area (TPSA) is 42.7 Å². The second-order valence-corrected chi connectivity index (χ2v) is 4.28. The van der Waals surface area contributed by atoms with Gasteiger partial charge in [0.25, 0.3) is 0 Å². The van der Waals surface area contributed by atoms with E-state index in [1.54, 1.807) is 0 Å². The molecule has 96 valence electrons. The first-order valence-corrected chi connectivity index (χ1v) is 6.45. The highest BCUT2D eigenvalue weighted by Gasteiger charge is 2.07. The van der Waals surface area contributed by atoms with E-state index in [4.69, 9.17) is 0 Å². The first-order chi connectivity index (χ1) is 8.78. The lowest BCUT2D eigenvalue weighted by Gasteiger charge is -2.10. The highest BCUT2D eigenvalue weighted by Crippen LogP contribution is 2.13. The first-order valence-electron chi connectivity index (χ1n) is 6.45. The third kappa shape index (κ3) is 2.59. The number of rotatable bonds is 5. The Morgan fingerprint density at radius 1 is 1.22 bits per heavy atom. The molecule has 0 aliphatic carbocycles. The molecule has 0 aliphatic rings. The van der Waals surface area contributed by atoms with Crippen LogP contribution >= 0.6 is 0 Å². The lowest BCUT2D eigenvalue weighted by atomic mass is 10.2. The number of nitrogens with zero attached hydrogens (tertiary/aromatic N) is 3. The monoisotopic (exact) mass is 244 g/mol. The van der Waals surface area contributed by atoms with Crippen molar-refractivity contribution in [3.05, 3.63) is 41.6 Å². The molecular formula is C14H20N4. The van der Waals surface area contributed by atoms with Crippen LogP contribution in [-0.2, 0) is 19.4 Å². The van der Waals surface area contributed by atoms with Crippen molar-refractivity contribution in [3.8, 4) is 5.82 Å². The predicted molar refractivity (Wildman–Crippen MR) is 72.9 cm³/mol. The number of hydrogen-bond acceptors (Lipinski definition) is 3. The van der Waals surface area contributed by atoms with Gasteiger partial charge in [-0.3, -0.25) is 4.57 Å². The van der Waals surface area contributed by atoms with Gasteiger partial charge in [0, 0.05) is 31.1 Å². The van der Waals surface area contributed by atoms with E-state index in [1.807, 2.05) is 19.4 Å². The summed E-state index contributed by atoms with van der Waals surface area (Å²) in [7, 11) is 1.96. The van der Waals surface area contributed by atoms with Gasteiger partial charge in [-0.1, -0.05) is 13.8 Å². The molecule has 0 saturated carbocycles. The van der Waals surface area contributed by atoms with Crippen LogP contribution in [0.3, 0.4) is 0 Å². The summed E-state index contributed by atoms with van der Waals surface area (Å²) in [5, 5.41) is 3.18. The van der Waals surface area contributed by atoms with Crippen molar-refractivity contribution in [2.75, 3.05) is 7.05 Å². The van der Waals surface area contributed by atoms with Crippen molar-refractivity contribution in [2.24, 2.45) is 0 Å². The van der Waals surface area contributed by atoms with Crippen LogP contribution in [0.5, 0.6) is 0 Å². The molecule has 2 aromatic heterocycles. The summed E-state index contributed by atoms with van der Waals surface area (Å²) >= 11 is 0. The molecule has 4 heteroatoms. The number of aryl methyl sites for hydroxylation is 2. The maximum Gasteiger partial charge on any atom is 0.138 e. The van der Waals surface area contributed by atoms with Crippen molar-refractivity contribution in [2.45, 2.75) is 33.2 Å². The van der Waals surface area contributed by atoms with Gasteiger partial charge < -0.3 is 5.32 Å². The summed E-state index contributed by atoms with van der Waals surface area (Å²) in [5.74, 6) is 2.01. The van der Waals surface area contributed by atoms with Gasteiger partial charge in [0.1, 0.15) is 11.6 Å². The Morgan fingerprint density at radius 3 is 2.72 bits per heavy atom. The fourth-order valence-electron chi connectivity index (χ4n) is 2.05. The summed E-state index contributed by atoms with van der Waals surface area (Å²) in [6, 6.07) is 4.28. The van der Waals surface area contributed by atoms with Gasteiger partial charge in [0.2, 0.25) is 0 Å². The van der Waals surface area contributed by atoms with Gasteiger partial charge in [-0.2, -0.15) is 0 Å². The van der Waals surface area contributed by atoms with Crippen molar-refractivity contribution in [3.63, 3.8) is 0 Å². The zero-order valence-corrected chi connectivity index (χ0v) is 11.3. The quantitative estimate of drug-likeness (QED) is 0.876. The zero-order valence-electron chi connectivity index (χ0n) is 11.3. The van der Waals surface area contributed by atoms with Crippen molar-refractivity contribution in [1.29, 1.82) is 0 Å². The van der Waals surface area contributed by atoms with Gasteiger partial charge in [-0.05, 0) is 31.2 Å². The van der Waals surface area contributed by atoms with Crippen molar-refractivity contribution >= 4 is 0 Å². The molecule has 0 radical (unpaired) electrons. The molecule has 0 aliphatic heterocycles. The number of hydrogen-bond donors (Lipinski definition) is 1. The summed E-state index contributed by atoms with van der Waals surface area (Å²) in [5.41, 5.74) is 2.38. The van der Waals surface area contributed by atoms with Crippen LogP contribution in [0.25, 0.3) is 5.82 Å². The molecule has 0 aromatic carbocycles. The fourth-order valence-corrected chi connectivity index (χ4v) is 2.05. The second kappa shape index (κ2) is 5.78. The van der Waals surface area contributed by atoms with Crippen LogP contribution in [0.4, 0.5) is 0 Å². The summed E-state index contributed by atoms with van der Waals surface area (Å²) < 4.78 is 2.07. The van der Waals surface area contributed by atoms with E-state index < -0.39 is 0 Å². The van der Waals surface area contributed by atoms with Crippen LogP contribution in [0.15, 0.2) is 24.5 Å². The maximum atomic E-state index is 4.68. The Balaban J connectivity index is 2.46. The van der Waals surface area contributed by atoms with E-state index in [-0.39, 0.29) is 0 Å². The smallest absolute Gasteiger partial charge is 0.138 e. The van der Waals surface area contributed by atoms with Gasteiger partial charge >= 0.3 is 0 Å². The minimum Gasteiger partial charge on any atom is -0.316 e. The molecule has 0 atom stereocenters. The number of nitrogens with one attached hydrogen (secondary N) is 1. The van der Waals surface area contributed by atoms with E-state index in [0.717, 1.165) is 36.7 Å². The van der Waals surface area contributed by atoms with Crippen molar-refractivity contribution in [1.82, 2.24) is 19.9 Å². The predicted octanol–water partition coefficient (Wildman–Crippen LogP) is 2.11. The largest absolute Gasteiger partial charge is 0.316 e. The first kappa shape index (κ1) is 12.8. The van der Waals surface area contributed by atoms with E-state index in [1.165, 1.54) is 5.56 Å². The Kier molecular flexibility index (Phi) is 4.10. The van der Waals surface area contributed by atoms with E-state index >= 15 is 0 Å². The standard InChI is InChI=1S/C14H20N4/c1-4-12-8-11(10-15-3)9-14(17-12)18-7-6-16-13(18)5-2/h6-9,15H,4-5,10H2,1-3H3. The van der Waals surface area contributed by atoms with Gasteiger partial charge in [-0.25, -0.2) is 9.97 Å². The third-order valence-electron chi connectivity index (χ3n) is 2.95. The lowest BCUT2D eigenvalue weighted by Crippen LogP contribution is -2.09. The molecular weight excluding hydrogens is 224 g/mol. The second-order valence-electron chi connectivity index (χ2n) is 4.28. The van der Waals surface area contributed by atoms with Crippen LogP contribution < -0.4 is 5.32 Å². The third-order valence-corrected chi connectivity index (χ3v) is 2.95. The van der Waals surface area contributed by atoms with Gasteiger partial charge in [0.15, 0.2) is 0 Å². The van der Waals surface area contributed by atoms with E-state index in [0.29, 0.717) is 0 Å². The molecule has 0 unspecified atom stereocenters. The van der Waals surface area contributed by atoms with Gasteiger partial charge in [-0.15, -0.1) is 0 Å². The Bertz CT molecular complexity index is 516. The maximum absolute atomic E-state index is 4.68. The van der Waals surface area contributed by atoms with E-state index in [2.05, 4.69) is 45.8 Å². The molecule has 2 heterocycles. The normalized spacial score (nSPS) is 10.8. The molecule has 2 aromatic rings. The summed E-state index contributed by atoms with van der Waals surface area (Å²) in [6.45, 7) is 5.10.